The van der Waals surface area contributed by atoms with Gasteiger partial charge in [-0.3, -0.25) is 0 Å². The van der Waals surface area contributed by atoms with Crippen LogP contribution in [-0.2, 0) is 12.8 Å². The summed E-state index contributed by atoms with van der Waals surface area (Å²) in [5, 5.41) is 3.69. The molecular formula is C17H23NS. The lowest BCUT2D eigenvalue weighted by Crippen LogP contribution is -2.08. The molecule has 2 aromatic rings. The van der Waals surface area contributed by atoms with Crippen molar-refractivity contribution in [3.8, 4) is 0 Å². The molecule has 0 radical (unpaired) electrons. The Kier molecular flexibility index (Phi) is 4.65. The van der Waals surface area contributed by atoms with Gasteiger partial charge in [0.25, 0.3) is 0 Å². The number of benzene rings is 1. The topological polar surface area (TPSA) is 12.0 Å². The number of thiophene rings is 1. The predicted octanol–water partition coefficient (Wildman–Crippen LogP) is 5.35. The van der Waals surface area contributed by atoms with Crippen molar-refractivity contribution in [3.63, 3.8) is 0 Å². The van der Waals surface area contributed by atoms with Crippen LogP contribution in [0.25, 0.3) is 0 Å². The highest BCUT2D eigenvalue weighted by molar-refractivity contribution is 7.12. The maximum atomic E-state index is 3.69. The fraction of sp³-hybridized carbons (Fsp3) is 0.412. The smallest absolute Gasteiger partial charge is 0.0578 e. The van der Waals surface area contributed by atoms with Crippen molar-refractivity contribution in [1.82, 2.24) is 0 Å². The number of aryl methyl sites for hydroxylation is 3. The van der Waals surface area contributed by atoms with E-state index in [1.807, 2.05) is 11.3 Å². The number of rotatable bonds is 5. The van der Waals surface area contributed by atoms with Gasteiger partial charge in [-0.1, -0.05) is 32.0 Å². The van der Waals surface area contributed by atoms with E-state index in [9.17, 15) is 0 Å². The Morgan fingerprint density at radius 2 is 1.89 bits per heavy atom. The van der Waals surface area contributed by atoms with Crippen LogP contribution in [-0.4, -0.2) is 0 Å². The average Bonchev–Trinajstić information content (AvgIpc) is 2.90. The Hall–Kier alpha value is -1.28. The second-order valence-electron chi connectivity index (χ2n) is 4.99. The molecule has 2 rings (SSSR count). The van der Waals surface area contributed by atoms with Gasteiger partial charge < -0.3 is 5.32 Å². The van der Waals surface area contributed by atoms with E-state index in [1.54, 1.807) is 0 Å². The van der Waals surface area contributed by atoms with E-state index in [-0.39, 0.29) is 0 Å². The molecule has 0 saturated heterocycles. The molecule has 1 N–H and O–H groups in total. The summed E-state index contributed by atoms with van der Waals surface area (Å²) in [6.45, 7) is 8.85. The van der Waals surface area contributed by atoms with Gasteiger partial charge in [0, 0.05) is 15.4 Å². The summed E-state index contributed by atoms with van der Waals surface area (Å²) in [4.78, 5) is 2.88. The lowest BCUT2D eigenvalue weighted by Gasteiger charge is -2.19. The van der Waals surface area contributed by atoms with Crippen molar-refractivity contribution >= 4 is 17.0 Å². The summed E-state index contributed by atoms with van der Waals surface area (Å²) in [7, 11) is 0. The van der Waals surface area contributed by atoms with Crippen molar-refractivity contribution in [3.05, 3.63) is 51.2 Å². The molecule has 1 unspecified atom stereocenters. The van der Waals surface area contributed by atoms with Crippen LogP contribution in [0.15, 0.2) is 30.3 Å². The zero-order valence-electron chi connectivity index (χ0n) is 12.3. The highest BCUT2D eigenvalue weighted by Gasteiger charge is 2.11. The summed E-state index contributed by atoms with van der Waals surface area (Å²) >= 11 is 1.92. The van der Waals surface area contributed by atoms with E-state index in [0.29, 0.717) is 6.04 Å². The molecule has 1 aromatic heterocycles. The first-order chi connectivity index (χ1) is 9.15. The van der Waals surface area contributed by atoms with Crippen molar-refractivity contribution in [2.24, 2.45) is 0 Å². The molecule has 0 spiro atoms. The minimum Gasteiger partial charge on any atom is -0.377 e. The summed E-state index contributed by atoms with van der Waals surface area (Å²) in [5.41, 5.74) is 4.04. The molecule has 0 bridgehead atoms. The van der Waals surface area contributed by atoms with Crippen molar-refractivity contribution in [1.29, 1.82) is 0 Å². The Labute approximate surface area is 120 Å². The fourth-order valence-corrected chi connectivity index (χ4v) is 3.29. The number of nitrogens with one attached hydrogen (secondary N) is 1. The predicted molar refractivity (Wildman–Crippen MR) is 86.3 cm³/mol. The summed E-state index contributed by atoms with van der Waals surface area (Å²) in [6, 6.07) is 11.4. The van der Waals surface area contributed by atoms with Gasteiger partial charge in [-0.05, 0) is 49.9 Å². The molecule has 0 aliphatic rings. The van der Waals surface area contributed by atoms with Crippen LogP contribution in [0, 0.1) is 6.92 Å². The minimum absolute atomic E-state index is 0.372. The maximum absolute atomic E-state index is 3.69. The third-order valence-electron chi connectivity index (χ3n) is 3.56. The van der Waals surface area contributed by atoms with Crippen LogP contribution in [0.4, 0.5) is 5.69 Å². The second-order valence-corrected chi connectivity index (χ2v) is 6.19. The first-order valence-corrected chi connectivity index (χ1v) is 7.91. The molecule has 2 heteroatoms. The third-order valence-corrected chi connectivity index (χ3v) is 4.97. The highest BCUT2D eigenvalue weighted by Crippen LogP contribution is 2.29. The fourth-order valence-electron chi connectivity index (χ4n) is 2.33. The zero-order chi connectivity index (χ0) is 13.8. The molecule has 1 aromatic carbocycles. The molecule has 0 fully saturated rings. The van der Waals surface area contributed by atoms with Gasteiger partial charge in [-0.15, -0.1) is 11.3 Å². The van der Waals surface area contributed by atoms with E-state index < -0.39 is 0 Å². The van der Waals surface area contributed by atoms with E-state index in [0.717, 1.165) is 12.8 Å². The second kappa shape index (κ2) is 6.25. The van der Waals surface area contributed by atoms with Crippen LogP contribution in [0.5, 0.6) is 0 Å². The number of para-hydroxylation sites is 1. The van der Waals surface area contributed by atoms with Crippen LogP contribution < -0.4 is 5.32 Å². The van der Waals surface area contributed by atoms with Crippen LogP contribution in [0.1, 0.15) is 47.7 Å². The van der Waals surface area contributed by atoms with Crippen molar-refractivity contribution in [2.75, 3.05) is 5.32 Å². The van der Waals surface area contributed by atoms with Gasteiger partial charge >= 0.3 is 0 Å². The summed E-state index contributed by atoms with van der Waals surface area (Å²) in [6.07, 6.45) is 2.20. The summed E-state index contributed by atoms with van der Waals surface area (Å²) in [5.74, 6) is 0. The lowest BCUT2D eigenvalue weighted by atomic mass is 10.0. The normalized spacial score (nSPS) is 12.4. The number of anilines is 1. The molecular weight excluding hydrogens is 250 g/mol. The Morgan fingerprint density at radius 3 is 2.53 bits per heavy atom. The third kappa shape index (κ3) is 3.19. The first kappa shape index (κ1) is 14.1. The molecule has 1 heterocycles. The number of hydrogen-bond acceptors (Lipinski definition) is 2. The molecule has 0 aliphatic heterocycles. The van der Waals surface area contributed by atoms with E-state index >= 15 is 0 Å². The van der Waals surface area contributed by atoms with Gasteiger partial charge in [0.1, 0.15) is 0 Å². The van der Waals surface area contributed by atoms with Gasteiger partial charge in [0.2, 0.25) is 0 Å². The van der Waals surface area contributed by atoms with E-state index in [2.05, 4.69) is 63.3 Å². The maximum Gasteiger partial charge on any atom is 0.0578 e. The zero-order valence-corrected chi connectivity index (χ0v) is 13.1. The van der Waals surface area contributed by atoms with Crippen LogP contribution in [0.2, 0.25) is 0 Å². The molecule has 1 atom stereocenters. The molecule has 0 aliphatic carbocycles. The SMILES string of the molecule is CCc1ccc(C(C)Nc2c(C)cccc2CC)s1. The number of hydrogen-bond donors (Lipinski definition) is 1. The van der Waals surface area contributed by atoms with Gasteiger partial charge in [0.05, 0.1) is 6.04 Å². The molecule has 19 heavy (non-hydrogen) atoms. The van der Waals surface area contributed by atoms with Crippen LogP contribution in [0.3, 0.4) is 0 Å². The monoisotopic (exact) mass is 273 g/mol. The molecule has 102 valence electrons. The average molecular weight is 273 g/mol. The van der Waals surface area contributed by atoms with Crippen LogP contribution >= 0.6 is 11.3 Å². The Bertz CT molecular complexity index is 542. The molecule has 1 nitrogen and oxygen atoms in total. The molecule has 0 amide bonds. The van der Waals surface area contributed by atoms with E-state index in [4.69, 9.17) is 0 Å². The highest BCUT2D eigenvalue weighted by atomic mass is 32.1. The molecule has 0 saturated carbocycles. The Balaban J connectivity index is 2.21. The van der Waals surface area contributed by atoms with Crippen molar-refractivity contribution < 1.29 is 0 Å². The van der Waals surface area contributed by atoms with E-state index in [1.165, 1.54) is 26.6 Å². The standard InChI is InChI=1S/C17H23NS/c1-5-14-9-7-8-12(3)17(14)18-13(4)16-11-10-15(6-2)19-16/h7-11,13,18H,5-6H2,1-4H3. The summed E-state index contributed by atoms with van der Waals surface area (Å²) < 4.78 is 0. The largest absolute Gasteiger partial charge is 0.377 e. The van der Waals surface area contributed by atoms with Gasteiger partial charge in [0.15, 0.2) is 0 Å². The quantitative estimate of drug-likeness (QED) is 0.774. The lowest BCUT2D eigenvalue weighted by molar-refractivity contribution is 0.898. The minimum atomic E-state index is 0.372. The first-order valence-electron chi connectivity index (χ1n) is 7.09. The van der Waals surface area contributed by atoms with Gasteiger partial charge in [-0.2, -0.15) is 0 Å². The van der Waals surface area contributed by atoms with Gasteiger partial charge in [-0.25, -0.2) is 0 Å². The Morgan fingerprint density at radius 1 is 1.11 bits per heavy atom. The van der Waals surface area contributed by atoms with Crippen molar-refractivity contribution in [2.45, 2.75) is 46.6 Å².